The van der Waals surface area contributed by atoms with Gasteiger partial charge >= 0.3 is 0 Å². The van der Waals surface area contributed by atoms with Gasteiger partial charge in [0.1, 0.15) is 17.9 Å². The van der Waals surface area contributed by atoms with E-state index in [1.165, 1.54) is 0 Å². The van der Waals surface area contributed by atoms with E-state index in [4.69, 9.17) is 4.74 Å². The Balaban J connectivity index is 1.63. The number of H-pyrrole nitrogens is 1. The smallest absolute Gasteiger partial charge is 0.228 e. The highest BCUT2D eigenvalue weighted by Crippen LogP contribution is 2.25. The summed E-state index contributed by atoms with van der Waals surface area (Å²) in [6, 6.07) is 24.7. The summed E-state index contributed by atoms with van der Waals surface area (Å²) in [5, 5.41) is 0. The normalized spacial score (nSPS) is 10.7. The van der Waals surface area contributed by atoms with Crippen molar-refractivity contribution in [2.24, 2.45) is 0 Å². The number of imidazole rings is 1. The molecule has 0 bridgehead atoms. The molecule has 25 heavy (non-hydrogen) atoms. The number of carbonyl (C=O) groups excluding carboxylic acids is 1. The average Bonchev–Trinajstić information content (AvgIpc) is 3.12. The highest BCUT2D eigenvalue weighted by molar-refractivity contribution is 6.08. The lowest BCUT2D eigenvalue weighted by Gasteiger charge is -2.06. The summed E-state index contributed by atoms with van der Waals surface area (Å²) in [4.78, 5) is 20.1. The number of ketones is 1. The minimum atomic E-state index is -0.134. The first-order chi connectivity index (χ1) is 12.3. The summed E-state index contributed by atoms with van der Waals surface area (Å²) in [5.74, 6) is 0.840. The van der Waals surface area contributed by atoms with Crippen LogP contribution in [-0.2, 0) is 6.61 Å². The van der Waals surface area contributed by atoms with Crippen LogP contribution >= 0.6 is 0 Å². The predicted molar refractivity (Wildman–Crippen MR) is 96.7 cm³/mol. The van der Waals surface area contributed by atoms with E-state index in [1.54, 1.807) is 12.1 Å². The van der Waals surface area contributed by atoms with Gasteiger partial charge in [-0.15, -0.1) is 0 Å². The Morgan fingerprint density at radius 2 is 1.60 bits per heavy atom. The Hall–Kier alpha value is -3.40. The fourth-order valence-electron chi connectivity index (χ4n) is 2.69. The van der Waals surface area contributed by atoms with Crippen LogP contribution in [0.15, 0.2) is 78.9 Å². The molecule has 4 nitrogen and oxygen atoms in total. The Bertz CT molecular complexity index is 1010. The number of nitrogens with one attached hydrogen (secondary N) is 1. The van der Waals surface area contributed by atoms with Gasteiger partial charge in [-0.1, -0.05) is 66.7 Å². The number of aromatic amines is 1. The number of hydrogen-bond acceptors (Lipinski definition) is 3. The van der Waals surface area contributed by atoms with Gasteiger partial charge in [-0.25, -0.2) is 4.98 Å². The maximum absolute atomic E-state index is 12.6. The second kappa shape index (κ2) is 6.61. The minimum absolute atomic E-state index is 0.134. The molecule has 1 aromatic heterocycles. The van der Waals surface area contributed by atoms with E-state index in [-0.39, 0.29) is 5.78 Å². The second-order valence-electron chi connectivity index (χ2n) is 5.71. The van der Waals surface area contributed by atoms with Crippen LogP contribution in [0.4, 0.5) is 0 Å². The highest BCUT2D eigenvalue weighted by atomic mass is 16.5. The third-order valence-corrected chi connectivity index (χ3v) is 3.96. The molecule has 4 rings (SSSR count). The molecule has 0 aliphatic carbocycles. The summed E-state index contributed by atoms with van der Waals surface area (Å²) >= 11 is 0. The Morgan fingerprint density at radius 3 is 2.36 bits per heavy atom. The van der Waals surface area contributed by atoms with E-state index in [0.29, 0.717) is 29.3 Å². The molecule has 3 aromatic carbocycles. The van der Waals surface area contributed by atoms with Crippen molar-refractivity contribution >= 4 is 16.8 Å². The van der Waals surface area contributed by atoms with E-state index in [1.807, 2.05) is 66.7 Å². The summed E-state index contributed by atoms with van der Waals surface area (Å²) in [5.41, 5.74) is 3.13. The molecule has 0 unspecified atom stereocenters. The third kappa shape index (κ3) is 3.15. The Morgan fingerprint density at radius 1 is 0.880 bits per heavy atom. The maximum atomic E-state index is 12.6. The zero-order chi connectivity index (χ0) is 17.1. The van der Waals surface area contributed by atoms with Crippen molar-refractivity contribution in [3.63, 3.8) is 0 Å². The van der Waals surface area contributed by atoms with Crippen LogP contribution in [0.2, 0.25) is 0 Å². The van der Waals surface area contributed by atoms with Crippen LogP contribution in [0.3, 0.4) is 0 Å². The molecule has 0 radical (unpaired) electrons. The molecule has 0 saturated heterocycles. The SMILES string of the molecule is O=C(c1ccccc1)c1nc2c(OCc3ccccc3)cccc2[nH]1. The number of ether oxygens (including phenoxy) is 1. The first-order valence-corrected chi connectivity index (χ1v) is 8.06. The molecular weight excluding hydrogens is 312 g/mol. The van der Waals surface area contributed by atoms with Crippen molar-refractivity contribution in [3.8, 4) is 5.75 Å². The lowest BCUT2D eigenvalue weighted by Crippen LogP contribution is -2.03. The summed E-state index contributed by atoms with van der Waals surface area (Å²) in [6.45, 7) is 0.453. The van der Waals surface area contributed by atoms with Crippen LogP contribution in [0.1, 0.15) is 21.7 Å². The minimum Gasteiger partial charge on any atom is -0.487 e. The number of carbonyl (C=O) groups is 1. The third-order valence-electron chi connectivity index (χ3n) is 3.96. The molecule has 1 N–H and O–H groups in total. The van der Waals surface area contributed by atoms with Gasteiger partial charge in [0.2, 0.25) is 5.78 Å². The van der Waals surface area contributed by atoms with Gasteiger partial charge in [0.15, 0.2) is 5.82 Å². The van der Waals surface area contributed by atoms with Crippen molar-refractivity contribution in [1.29, 1.82) is 0 Å². The van der Waals surface area contributed by atoms with Crippen molar-refractivity contribution < 1.29 is 9.53 Å². The van der Waals surface area contributed by atoms with E-state index in [9.17, 15) is 4.79 Å². The number of para-hydroxylation sites is 1. The van der Waals surface area contributed by atoms with Crippen LogP contribution in [-0.4, -0.2) is 15.8 Å². The molecule has 4 heteroatoms. The zero-order valence-corrected chi connectivity index (χ0v) is 13.5. The molecule has 0 amide bonds. The summed E-state index contributed by atoms with van der Waals surface area (Å²) in [7, 11) is 0. The van der Waals surface area contributed by atoms with Gasteiger partial charge < -0.3 is 9.72 Å². The van der Waals surface area contributed by atoms with E-state index in [2.05, 4.69) is 9.97 Å². The Labute approximate surface area is 145 Å². The molecule has 0 aliphatic rings. The van der Waals surface area contributed by atoms with Gasteiger partial charge in [-0.3, -0.25) is 4.79 Å². The fourth-order valence-corrected chi connectivity index (χ4v) is 2.69. The van der Waals surface area contributed by atoms with Crippen LogP contribution in [0, 0.1) is 0 Å². The van der Waals surface area contributed by atoms with Gasteiger partial charge in [0, 0.05) is 5.56 Å². The first-order valence-electron chi connectivity index (χ1n) is 8.06. The van der Waals surface area contributed by atoms with Gasteiger partial charge in [0.25, 0.3) is 0 Å². The van der Waals surface area contributed by atoms with Crippen molar-refractivity contribution in [3.05, 3.63) is 95.8 Å². The fraction of sp³-hybridized carbons (Fsp3) is 0.0476. The number of hydrogen-bond donors (Lipinski definition) is 1. The molecule has 0 atom stereocenters. The predicted octanol–water partition coefficient (Wildman–Crippen LogP) is 4.37. The van der Waals surface area contributed by atoms with Crippen LogP contribution in [0.5, 0.6) is 5.75 Å². The number of benzene rings is 3. The van der Waals surface area contributed by atoms with E-state index >= 15 is 0 Å². The van der Waals surface area contributed by atoms with Crippen LogP contribution in [0.25, 0.3) is 11.0 Å². The molecule has 0 aliphatic heterocycles. The number of nitrogens with zero attached hydrogens (tertiary/aromatic N) is 1. The van der Waals surface area contributed by atoms with Crippen molar-refractivity contribution in [2.45, 2.75) is 6.61 Å². The van der Waals surface area contributed by atoms with Gasteiger partial charge in [-0.05, 0) is 17.7 Å². The molecule has 1 heterocycles. The number of aromatic nitrogens is 2. The number of rotatable bonds is 5. The second-order valence-corrected chi connectivity index (χ2v) is 5.71. The molecular formula is C21H16N2O2. The largest absolute Gasteiger partial charge is 0.487 e. The van der Waals surface area contributed by atoms with E-state index < -0.39 is 0 Å². The number of fused-ring (bicyclic) bond motifs is 1. The average molecular weight is 328 g/mol. The highest BCUT2D eigenvalue weighted by Gasteiger charge is 2.15. The molecule has 0 spiro atoms. The standard InChI is InChI=1S/C21H16N2O2/c24-20(16-10-5-2-6-11-16)21-22-17-12-7-13-18(19(17)23-21)25-14-15-8-3-1-4-9-15/h1-13H,14H2,(H,22,23). The molecule has 0 fully saturated rings. The van der Waals surface area contributed by atoms with Crippen LogP contribution < -0.4 is 4.74 Å². The summed E-state index contributed by atoms with van der Waals surface area (Å²) in [6.07, 6.45) is 0. The van der Waals surface area contributed by atoms with Crippen molar-refractivity contribution in [2.75, 3.05) is 0 Å². The zero-order valence-electron chi connectivity index (χ0n) is 13.5. The van der Waals surface area contributed by atoms with Crippen molar-refractivity contribution in [1.82, 2.24) is 9.97 Å². The quantitative estimate of drug-likeness (QED) is 0.553. The lowest BCUT2D eigenvalue weighted by molar-refractivity contribution is 0.103. The maximum Gasteiger partial charge on any atom is 0.228 e. The van der Waals surface area contributed by atoms with E-state index in [0.717, 1.165) is 11.1 Å². The Kier molecular flexibility index (Phi) is 4.01. The monoisotopic (exact) mass is 328 g/mol. The van der Waals surface area contributed by atoms with Gasteiger partial charge in [0.05, 0.1) is 5.52 Å². The summed E-state index contributed by atoms with van der Waals surface area (Å²) < 4.78 is 5.91. The lowest BCUT2D eigenvalue weighted by atomic mass is 10.1. The topological polar surface area (TPSA) is 55.0 Å². The molecule has 4 aromatic rings. The molecule has 122 valence electrons. The first kappa shape index (κ1) is 15.1. The molecule has 0 saturated carbocycles. The van der Waals surface area contributed by atoms with Gasteiger partial charge in [-0.2, -0.15) is 0 Å².